The van der Waals surface area contributed by atoms with Crippen molar-refractivity contribution >= 4 is 17.7 Å². The quantitative estimate of drug-likeness (QED) is 0.739. The first kappa shape index (κ1) is 13.1. The molecule has 0 unspecified atom stereocenters. The molecule has 0 radical (unpaired) electrons. The minimum Gasteiger partial charge on any atom is -0.508 e. The molecule has 0 aromatic heterocycles. The number of imide groups is 1. The molecule has 1 aliphatic rings. The third kappa shape index (κ3) is 3.31. The summed E-state index contributed by atoms with van der Waals surface area (Å²) in [5.74, 6) is -1.06. The number of hydrogen-bond acceptors (Lipinski definition) is 4. The topological polar surface area (TPSA) is 86.7 Å². The van der Waals surface area contributed by atoms with Crippen LogP contribution in [0.1, 0.15) is 12.0 Å². The number of phenols is 1. The van der Waals surface area contributed by atoms with Crippen LogP contribution < -0.4 is 5.32 Å². The zero-order chi connectivity index (χ0) is 13.8. The highest BCUT2D eigenvalue weighted by Crippen LogP contribution is 2.17. The molecule has 6 heteroatoms. The maximum Gasteiger partial charge on any atom is 0.246 e. The summed E-state index contributed by atoms with van der Waals surface area (Å²) in [5, 5.41) is 11.7. The van der Waals surface area contributed by atoms with Crippen molar-refractivity contribution in [2.75, 3.05) is 13.1 Å². The van der Waals surface area contributed by atoms with Crippen LogP contribution in [0.15, 0.2) is 24.3 Å². The third-order valence-electron chi connectivity index (χ3n) is 2.90. The molecule has 2 rings (SSSR count). The molecule has 1 heterocycles. The van der Waals surface area contributed by atoms with Crippen molar-refractivity contribution in [2.24, 2.45) is 0 Å². The Kier molecular flexibility index (Phi) is 3.79. The number of benzene rings is 1. The van der Waals surface area contributed by atoms with Gasteiger partial charge in [0.05, 0.1) is 0 Å². The minimum absolute atomic E-state index is 0.0919. The van der Waals surface area contributed by atoms with Crippen LogP contribution in [0.3, 0.4) is 0 Å². The number of para-hydroxylation sites is 1. The molecular weight excluding hydrogens is 248 g/mol. The van der Waals surface area contributed by atoms with E-state index in [9.17, 15) is 19.5 Å². The Morgan fingerprint density at radius 2 is 1.84 bits per heavy atom. The molecule has 1 aromatic rings. The minimum atomic E-state index is -0.466. The first-order valence-corrected chi connectivity index (χ1v) is 5.93. The van der Waals surface area contributed by atoms with E-state index < -0.39 is 11.8 Å². The Morgan fingerprint density at radius 3 is 2.47 bits per heavy atom. The van der Waals surface area contributed by atoms with Crippen LogP contribution in [-0.2, 0) is 20.8 Å². The smallest absolute Gasteiger partial charge is 0.246 e. The Labute approximate surface area is 110 Å². The molecule has 0 aliphatic carbocycles. The lowest BCUT2D eigenvalue weighted by molar-refractivity contribution is -0.145. The fraction of sp³-hybridized carbons (Fsp3) is 0.308. The van der Waals surface area contributed by atoms with E-state index in [-0.39, 0.29) is 31.2 Å². The van der Waals surface area contributed by atoms with Crippen LogP contribution in [0.5, 0.6) is 5.75 Å². The highest BCUT2D eigenvalue weighted by atomic mass is 16.3. The van der Waals surface area contributed by atoms with Gasteiger partial charge in [0.25, 0.3) is 0 Å². The van der Waals surface area contributed by atoms with Crippen molar-refractivity contribution in [3.05, 3.63) is 29.8 Å². The van der Waals surface area contributed by atoms with Gasteiger partial charge in [0.2, 0.25) is 17.7 Å². The fourth-order valence-corrected chi connectivity index (χ4v) is 1.94. The van der Waals surface area contributed by atoms with Crippen molar-refractivity contribution in [1.82, 2.24) is 10.2 Å². The summed E-state index contributed by atoms with van der Waals surface area (Å²) in [4.78, 5) is 35.4. The van der Waals surface area contributed by atoms with E-state index >= 15 is 0 Å². The molecule has 0 saturated carbocycles. The normalized spacial score (nSPS) is 15.3. The first-order chi connectivity index (χ1) is 9.06. The molecule has 0 atom stereocenters. The zero-order valence-corrected chi connectivity index (χ0v) is 10.3. The van der Waals surface area contributed by atoms with Gasteiger partial charge >= 0.3 is 0 Å². The van der Waals surface area contributed by atoms with Gasteiger partial charge in [0.15, 0.2) is 0 Å². The van der Waals surface area contributed by atoms with Crippen LogP contribution in [-0.4, -0.2) is 40.8 Å². The maximum atomic E-state index is 11.9. The monoisotopic (exact) mass is 262 g/mol. The van der Waals surface area contributed by atoms with E-state index in [1.54, 1.807) is 24.3 Å². The number of hydrogen-bond donors (Lipinski definition) is 2. The lowest BCUT2D eigenvalue weighted by atomic mass is 10.1. The van der Waals surface area contributed by atoms with Crippen LogP contribution in [0, 0.1) is 0 Å². The Bertz CT molecular complexity index is 511. The van der Waals surface area contributed by atoms with Crippen LogP contribution in [0.2, 0.25) is 0 Å². The molecular formula is C13H14N2O4. The predicted molar refractivity (Wildman–Crippen MR) is 66.2 cm³/mol. The number of amides is 3. The van der Waals surface area contributed by atoms with E-state index in [0.717, 1.165) is 0 Å². The Hall–Kier alpha value is -2.37. The highest BCUT2D eigenvalue weighted by Gasteiger charge is 2.25. The number of carbonyl (C=O) groups excluding carboxylic acids is 3. The molecule has 19 heavy (non-hydrogen) atoms. The number of nitrogens with one attached hydrogen (secondary N) is 1. The fourth-order valence-electron chi connectivity index (χ4n) is 1.94. The summed E-state index contributed by atoms with van der Waals surface area (Å²) in [6.45, 7) is -0.184. The lowest BCUT2D eigenvalue weighted by Gasteiger charge is -2.25. The summed E-state index contributed by atoms with van der Waals surface area (Å²) in [6, 6.07) is 6.76. The molecule has 0 spiro atoms. The van der Waals surface area contributed by atoms with Crippen molar-refractivity contribution in [3.8, 4) is 5.75 Å². The van der Waals surface area contributed by atoms with Crippen molar-refractivity contribution in [2.45, 2.75) is 12.8 Å². The second-order valence-electron chi connectivity index (χ2n) is 4.35. The second kappa shape index (κ2) is 5.51. The summed E-state index contributed by atoms with van der Waals surface area (Å²) in [6.07, 6.45) is 0.524. The van der Waals surface area contributed by atoms with Gasteiger partial charge in [-0.15, -0.1) is 0 Å². The molecule has 3 amide bonds. The van der Waals surface area contributed by atoms with E-state index in [0.29, 0.717) is 12.0 Å². The number of piperazine rings is 1. The molecule has 100 valence electrons. The molecule has 0 bridgehead atoms. The predicted octanol–water partition coefficient (Wildman–Crippen LogP) is -0.190. The van der Waals surface area contributed by atoms with Crippen molar-refractivity contribution in [3.63, 3.8) is 0 Å². The molecule has 1 aromatic carbocycles. The summed E-state index contributed by atoms with van der Waals surface area (Å²) in [5.41, 5.74) is 0.670. The van der Waals surface area contributed by atoms with Gasteiger partial charge in [-0.1, -0.05) is 18.2 Å². The number of aromatic hydroxyl groups is 1. The number of carbonyl (C=O) groups is 3. The van der Waals surface area contributed by atoms with Crippen LogP contribution in [0.25, 0.3) is 0 Å². The van der Waals surface area contributed by atoms with E-state index in [4.69, 9.17) is 0 Å². The highest BCUT2D eigenvalue weighted by molar-refractivity contribution is 6.02. The van der Waals surface area contributed by atoms with Gasteiger partial charge in [-0.05, 0) is 18.1 Å². The van der Waals surface area contributed by atoms with Crippen LogP contribution >= 0.6 is 0 Å². The molecule has 1 fully saturated rings. The number of nitrogens with zero attached hydrogens (tertiary/aromatic N) is 1. The lowest BCUT2D eigenvalue weighted by Crippen LogP contribution is -2.53. The van der Waals surface area contributed by atoms with E-state index in [2.05, 4.69) is 5.32 Å². The molecule has 1 aliphatic heterocycles. The SMILES string of the molecule is O=C1CN(C(=O)CCc2ccccc2O)CC(=O)N1. The number of phenolic OH excluding ortho intramolecular Hbond substituents is 1. The average Bonchev–Trinajstić information content (AvgIpc) is 2.36. The summed E-state index contributed by atoms with van der Waals surface area (Å²) < 4.78 is 0. The number of aryl methyl sites for hydroxylation is 1. The van der Waals surface area contributed by atoms with Gasteiger partial charge < -0.3 is 10.0 Å². The van der Waals surface area contributed by atoms with Gasteiger partial charge in [0.1, 0.15) is 18.8 Å². The third-order valence-corrected chi connectivity index (χ3v) is 2.90. The molecule has 2 N–H and O–H groups in total. The van der Waals surface area contributed by atoms with Gasteiger partial charge in [-0.2, -0.15) is 0 Å². The first-order valence-electron chi connectivity index (χ1n) is 5.93. The molecule has 1 saturated heterocycles. The van der Waals surface area contributed by atoms with E-state index in [1.807, 2.05) is 0 Å². The van der Waals surface area contributed by atoms with Gasteiger partial charge in [0, 0.05) is 6.42 Å². The Balaban J connectivity index is 1.93. The average molecular weight is 262 g/mol. The number of rotatable bonds is 3. The maximum absolute atomic E-state index is 11.9. The second-order valence-corrected chi connectivity index (χ2v) is 4.35. The zero-order valence-electron chi connectivity index (χ0n) is 10.3. The van der Waals surface area contributed by atoms with Crippen molar-refractivity contribution < 1.29 is 19.5 Å². The Morgan fingerprint density at radius 1 is 1.21 bits per heavy atom. The summed E-state index contributed by atoms with van der Waals surface area (Å²) in [7, 11) is 0. The van der Waals surface area contributed by atoms with Gasteiger partial charge in [-0.25, -0.2) is 0 Å². The largest absolute Gasteiger partial charge is 0.508 e. The van der Waals surface area contributed by atoms with Crippen LogP contribution in [0.4, 0.5) is 0 Å². The summed E-state index contributed by atoms with van der Waals surface area (Å²) >= 11 is 0. The van der Waals surface area contributed by atoms with Gasteiger partial charge in [-0.3, -0.25) is 19.7 Å². The van der Waals surface area contributed by atoms with Crippen molar-refractivity contribution in [1.29, 1.82) is 0 Å². The van der Waals surface area contributed by atoms with E-state index in [1.165, 1.54) is 4.90 Å². The standard InChI is InChI=1S/C13H14N2O4/c16-10-4-2-1-3-9(10)5-6-13(19)15-7-11(17)14-12(18)8-15/h1-4,16H,5-8H2,(H,14,17,18). The molecule has 6 nitrogen and oxygen atoms in total.